The highest BCUT2D eigenvalue weighted by Crippen LogP contribution is 2.26. The molecule has 0 saturated carbocycles. The molecule has 0 spiro atoms. The fourth-order valence-corrected chi connectivity index (χ4v) is 2.37. The summed E-state index contributed by atoms with van der Waals surface area (Å²) in [5.41, 5.74) is 1.30. The van der Waals surface area contributed by atoms with Crippen LogP contribution in [0.4, 0.5) is 0 Å². The second kappa shape index (κ2) is 10.9. The molecule has 0 heterocycles. The van der Waals surface area contributed by atoms with E-state index < -0.39 is 5.97 Å². The third-order valence-corrected chi connectivity index (χ3v) is 3.69. The molecule has 6 heteroatoms. The SMILES string of the molecule is CCOC(=O)CCCOc1ccc(OCc2ccccc2)cc1C(=O)OC. The lowest BCUT2D eigenvalue weighted by atomic mass is 10.2. The maximum absolute atomic E-state index is 12.1. The van der Waals surface area contributed by atoms with E-state index in [2.05, 4.69) is 0 Å². The molecule has 0 bridgehead atoms. The molecule has 0 unspecified atom stereocenters. The fourth-order valence-electron chi connectivity index (χ4n) is 2.37. The second-order valence-electron chi connectivity index (χ2n) is 5.68. The molecule has 6 nitrogen and oxygen atoms in total. The van der Waals surface area contributed by atoms with Crippen molar-refractivity contribution in [1.82, 2.24) is 0 Å². The normalized spacial score (nSPS) is 10.1. The first-order chi connectivity index (χ1) is 13.1. The lowest BCUT2D eigenvalue weighted by Crippen LogP contribution is -2.09. The Kier molecular flexibility index (Phi) is 8.16. The van der Waals surface area contributed by atoms with Crippen molar-refractivity contribution >= 4 is 11.9 Å². The first-order valence-corrected chi connectivity index (χ1v) is 8.81. The smallest absolute Gasteiger partial charge is 0.341 e. The van der Waals surface area contributed by atoms with Crippen LogP contribution >= 0.6 is 0 Å². The van der Waals surface area contributed by atoms with Crippen molar-refractivity contribution in [3.05, 3.63) is 59.7 Å². The minimum atomic E-state index is -0.513. The van der Waals surface area contributed by atoms with Gasteiger partial charge in [-0.25, -0.2) is 4.79 Å². The van der Waals surface area contributed by atoms with E-state index in [0.717, 1.165) is 5.56 Å². The van der Waals surface area contributed by atoms with Crippen LogP contribution in [0.3, 0.4) is 0 Å². The summed E-state index contributed by atoms with van der Waals surface area (Å²) >= 11 is 0. The molecule has 2 rings (SSSR count). The molecule has 2 aromatic rings. The van der Waals surface area contributed by atoms with Crippen molar-refractivity contribution in [2.45, 2.75) is 26.4 Å². The number of esters is 2. The second-order valence-corrected chi connectivity index (χ2v) is 5.68. The number of hydrogen-bond donors (Lipinski definition) is 0. The molecule has 0 aromatic heterocycles. The van der Waals surface area contributed by atoms with Crippen LogP contribution in [0.2, 0.25) is 0 Å². The Labute approximate surface area is 159 Å². The molecule has 0 N–H and O–H groups in total. The number of rotatable bonds is 10. The molecule has 0 atom stereocenters. The third kappa shape index (κ3) is 6.66. The minimum absolute atomic E-state index is 0.264. The van der Waals surface area contributed by atoms with E-state index in [1.807, 2.05) is 30.3 Å². The average molecular weight is 372 g/mol. The van der Waals surface area contributed by atoms with Crippen molar-refractivity contribution in [3.63, 3.8) is 0 Å². The van der Waals surface area contributed by atoms with Gasteiger partial charge in [0.15, 0.2) is 0 Å². The topological polar surface area (TPSA) is 71.1 Å². The summed E-state index contributed by atoms with van der Waals surface area (Å²) in [7, 11) is 1.31. The Morgan fingerprint density at radius 2 is 1.78 bits per heavy atom. The summed E-state index contributed by atoms with van der Waals surface area (Å²) in [6, 6.07) is 14.7. The quantitative estimate of drug-likeness (QED) is 0.467. The molecule has 0 aliphatic carbocycles. The number of benzene rings is 2. The highest BCUT2D eigenvalue weighted by atomic mass is 16.5. The van der Waals surface area contributed by atoms with Gasteiger partial charge in [-0.3, -0.25) is 4.79 Å². The first kappa shape index (κ1) is 20.3. The molecule has 0 radical (unpaired) electrons. The van der Waals surface area contributed by atoms with E-state index in [4.69, 9.17) is 18.9 Å². The Balaban J connectivity index is 1.97. The third-order valence-electron chi connectivity index (χ3n) is 3.69. The molecule has 27 heavy (non-hydrogen) atoms. The van der Waals surface area contributed by atoms with Crippen molar-refractivity contribution in [2.75, 3.05) is 20.3 Å². The van der Waals surface area contributed by atoms with E-state index in [1.165, 1.54) is 7.11 Å². The van der Waals surface area contributed by atoms with Gasteiger partial charge in [0, 0.05) is 6.42 Å². The maximum Gasteiger partial charge on any atom is 0.341 e. The largest absolute Gasteiger partial charge is 0.493 e. The standard InChI is InChI=1S/C21H24O6/c1-3-25-20(22)10-7-13-26-19-12-11-17(14-18(19)21(23)24-2)27-15-16-8-5-4-6-9-16/h4-6,8-9,11-12,14H,3,7,10,13,15H2,1-2H3. The van der Waals surface area contributed by atoms with Crippen LogP contribution in [-0.2, 0) is 20.9 Å². The summed E-state index contributed by atoms with van der Waals surface area (Å²) in [6.07, 6.45) is 0.755. The Bertz CT molecular complexity index is 742. The number of carbonyl (C=O) groups excluding carboxylic acids is 2. The van der Waals surface area contributed by atoms with Crippen LogP contribution in [0.25, 0.3) is 0 Å². The van der Waals surface area contributed by atoms with Crippen LogP contribution in [0.5, 0.6) is 11.5 Å². The highest BCUT2D eigenvalue weighted by molar-refractivity contribution is 5.93. The fraction of sp³-hybridized carbons (Fsp3) is 0.333. The zero-order valence-electron chi connectivity index (χ0n) is 15.6. The van der Waals surface area contributed by atoms with E-state index in [-0.39, 0.29) is 24.6 Å². The van der Waals surface area contributed by atoms with Crippen LogP contribution in [0.15, 0.2) is 48.5 Å². The molecule has 0 saturated heterocycles. The highest BCUT2D eigenvalue weighted by Gasteiger charge is 2.15. The van der Waals surface area contributed by atoms with Gasteiger partial charge in [-0.05, 0) is 37.1 Å². The van der Waals surface area contributed by atoms with E-state index in [9.17, 15) is 9.59 Å². The molecule has 0 aliphatic rings. The van der Waals surface area contributed by atoms with Crippen LogP contribution < -0.4 is 9.47 Å². The monoisotopic (exact) mass is 372 g/mol. The molecule has 0 aliphatic heterocycles. The van der Waals surface area contributed by atoms with Gasteiger partial charge in [0.05, 0.1) is 20.3 Å². The van der Waals surface area contributed by atoms with Crippen LogP contribution in [0.1, 0.15) is 35.7 Å². The molecule has 0 fully saturated rings. The zero-order valence-corrected chi connectivity index (χ0v) is 15.6. The summed E-state index contributed by atoms with van der Waals surface area (Å²) in [6.45, 7) is 2.79. The van der Waals surface area contributed by atoms with E-state index in [0.29, 0.717) is 31.1 Å². The maximum atomic E-state index is 12.1. The van der Waals surface area contributed by atoms with Crippen LogP contribution in [-0.4, -0.2) is 32.3 Å². The van der Waals surface area contributed by atoms with Crippen molar-refractivity contribution in [1.29, 1.82) is 0 Å². The summed E-state index contributed by atoms with van der Waals surface area (Å²) in [5, 5.41) is 0. The van der Waals surface area contributed by atoms with Crippen molar-refractivity contribution < 1.29 is 28.5 Å². The minimum Gasteiger partial charge on any atom is -0.493 e. The Morgan fingerprint density at radius 3 is 2.48 bits per heavy atom. The first-order valence-electron chi connectivity index (χ1n) is 8.81. The molecule has 2 aromatic carbocycles. The lowest BCUT2D eigenvalue weighted by Gasteiger charge is -2.13. The van der Waals surface area contributed by atoms with Gasteiger partial charge in [0.2, 0.25) is 0 Å². The molecule has 144 valence electrons. The number of methoxy groups -OCH3 is 1. The van der Waals surface area contributed by atoms with E-state index >= 15 is 0 Å². The Hall–Kier alpha value is -3.02. The van der Waals surface area contributed by atoms with Gasteiger partial charge in [-0.1, -0.05) is 30.3 Å². The van der Waals surface area contributed by atoms with Crippen molar-refractivity contribution in [3.8, 4) is 11.5 Å². The zero-order chi connectivity index (χ0) is 19.5. The van der Waals surface area contributed by atoms with Gasteiger partial charge in [-0.15, -0.1) is 0 Å². The van der Waals surface area contributed by atoms with Gasteiger partial charge in [0.1, 0.15) is 23.7 Å². The average Bonchev–Trinajstić information content (AvgIpc) is 2.70. The summed E-state index contributed by atoms with van der Waals surface area (Å²) < 4.78 is 21.1. The van der Waals surface area contributed by atoms with Crippen LogP contribution in [0, 0.1) is 0 Å². The number of hydrogen-bond acceptors (Lipinski definition) is 6. The van der Waals surface area contributed by atoms with Gasteiger partial charge < -0.3 is 18.9 Å². The number of ether oxygens (including phenoxy) is 4. The lowest BCUT2D eigenvalue weighted by molar-refractivity contribution is -0.143. The van der Waals surface area contributed by atoms with Gasteiger partial charge in [-0.2, -0.15) is 0 Å². The molecular weight excluding hydrogens is 348 g/mol. The Morgan fingerprint density at radius 1 is 1.00 bits per heavy atom. The predicted octanol–water partition coefficient (Wildman–Crippen LogP) is 3.77. The van der Waals surface area contributed by atoms with Crippen molar-refractivity contribution in [2.24, 2.45) is 0 Å². The number of carbonyl (C=O) groups is 2. The van der Waals surface area contributed by atoms with Gasteiger partial charge >= 0.3 is 11.9 Å². The van der Waals surface area contributed by atoms with Gasteiger partial charge in [0.25, 0.3) is 0 Å². The predicted molar refractivity (Wildman–Crippen MR) is 99.9 cm³/mol. The molecule has 0 amide bonds. The molecular formula is C21H24O6. The van der Waals surface area contributed by atoms with E-state index in [1.54, 1.807) is 25.1 Å². The summed E-state index contributed by atoms with van der Waals surface area (Å²) in [4.78, 5) is 23.4. The summed E-state index contributed by atoms with van der Waals surface area (Å²) in [5.74, 6) is 0.149.